The molecule has 1 unspecified atom stereocenters. The fourth-order valence-electron chi connectivity index (χ4n) is 1.46. The third kappa shape index (κ3) is 9.24. The lowest BCUT2D eigenvalue weighted by Gasteiger charge is -2.23. The molecule has 0 aromatic rings. The Morgan fingerprint density at radius 2 is 2.17 bits per heavy atom. The van der Waals surface area contributed by atoms with Gasteiger partial charge in [-0.2, -0.15) is 0 Å². The SMILES string of the molecule is CCOCCCN=C(N)NCCN(C)C(C)CC. The van der Waals surface area contributed by atoms with Crippen LogP contribution in [0.25, 0.3) is 0 Å². The molecule has 5 heteroatoms. The quantitative estimate of drug-likeness (QED) is 0.349. The number of nitrogens with two attached hydrogens (primary N) is 1. The van der Waals surface area contributed by atoms with E-state index >= 15 is 0 Å². The summed E-state index contributed by atoms with van der Waals surface area (Å²) < 4.78 is 5.23. The van der Waals surface area contributed by atoms with Crippen LogP contribution in [0.5, 0.6) is 0 Å². The second kappa shape index (κ2) is 11.3. The van der Waals surface area contributed by atoms with Gasteiger partial charge in [-0.05, 0) is 33.7 Å². The van der Waals surface area contributed by atoms with E-state index in [2.05, 4.69) is 36.1 Å². The Morgan fingerprint density at radius 3 is 2.78 bits per heavy atom. The van der Waals surface area contributed by atoms with Crippen molar-refractivity contribution in [1.82, 2.24) is 10.2 Å². The Bertz CT molecular complexity index is 221. The first-order valence-electron chi connectivity index (χ1n) is 6.93. The molecule has 0 amide bonds. The molecule has 18 heavy (non-hydrogen) atoms. The maximum absolute atomic E-state index is 5.76. The minimum absolute atomic E-state index is 0.532. The summed E-state index contributed by atoms with van der Waals surface area (Å²) in [5, 5.41) is 3.13. The molecule has 0 fully saturated rings. The number of rotatable bonds is 10. The number of guanidine groups is 1. The van der Waals surface area contributed by atoms with Crippen molar-refractivity contribution in [2.24, 2.45) is 10.7 Å². The van der Waals surface area contributed by atoms with E-state index < -0.39 is 0 Å². The van der Waals surface area contributed by atoms with Gasteiger partial charge in [0.25, 0.3) is 0 Å². The highest BCUT2D eigenvalue weighted by molar-refractivity contribution is 5.77. The Morgan fingerprint density at radius 1 is 1.44 bits per heavy atom. The molecule has 0 spiro atoms. The summed E-state index contributed by atoms with van der Waals surface area (Å²) in [6.45, 7) is 10.5. The number of hydrogen-bond acceptors (Lipinski definition) is 3. The minimum atomic E-state index is 0.532. The lowest BCUT2D eigenvalue weighted by atomic mass is 10.2. The van der Waals surface area contributed by atoms with Gasteiger partial charge < -0.3 is 20.7 Å². The maximum Gasteiger partial charge on any atom is 0.188 e. The topological polar surface area (TPSA) is 62.9 Å². The van der Waals surface area contributed by atoms with E-state index in [1.807, 2.05) is 6.92 Å². The van der Waals surface area contributed by atoms with E-state index in [9.17, 15) is 0 Å². The molecule has 0 rings (SSSR count). The second-order valence-corrected chi connectivity index (χ2v) is 4.48. The third-order valence-corrected chi connectivity index (χ3v) is 3.05. The number of likely N-dealkylation sites (N-methyl/N-ethyl adjacent to an activating group) is 1. The first kappa shape index (κ1) is 17.2. The van der Waals surface area contributed by atoms with Gasteiger partial charge in [-0.3, -0.25) is 4.99 Å². The average Bonchev–Trinajstić information content (AvgIpc) is 2.37. The predicted molar refractivity (Wildman–Crippen MR) is 78.0 cm³/mol. The highest BCUT2D eigenvalue weighted by Crippen LogP contribution is 1.97. The maximum atomic E-state index is 5.76. The van der Waals surface area contributed by atoms with Crippen molar-refractivity contribution in [1.29, 1.82) is 0 Å². The van der Waals surface area contributed by atoms with E-state index in [1.165, 1.54) is 0 Å². The second-order valence-electron chi connectivity index (χ2n) is 4.48. The molecule has 3 N–H and O–H groups in total. The molecule has 0 aliphatic heterocycles. The Hall–Kier alpha value is -0.810. The van der Waals surface area contributed by atoms with Gasteiger partial charge in [0.05, 0.1) is 0 Å². The van der Waals surface area contributed by atoms with Gasteiger partial charge in [-0.15, -0.1) is 0 Å². The molecular weight excluding hydrogens is 228 g/mol. The summed E-state index contributed by atoms with van der Waals surface area (Å²) in [4.78, 5) is 6.56. The van der Waals surface area contributed by atoms with Crippen molar-refractivity contribution in [3.63, 3.8) is 0 Å². The van der Waals surface area contributed by atoms with Gasteiger partial charge in [0, 0.05) is 38.9 Å². The van der Waals surface area contributed by atoms with E-state index in [0.717, 1.165) is 45.7 Å². The minimum Gasteiger partial charge on any atom is -0.382 e. The van der Waals surface area contributed by atoms with E-state index in [0.29, 0.717) is 12.0 Å². The van der Waals surface area contributed by atoms with Crippen LogP contribution in [0.4, 0.5) is 0 Å². The molecule has 0 aromatic heterocycles. The summed E-state index contributed by atoms with van der Waals surface area (Å²) in [5.41, 5.74) is 5.76. The van der Waals surface area contributed by atoms with E-state index in [4.69, 9.17) is 10.5 Å². The van der Waals surface area contributed by atoms with Crippen LogP contribution in [-0.4, -0.2) is 56.8 Å². The number of hydrogen-bond donors (Lipinski definition) is 2. The smallest absolute Gasteiger partial charge is 0.188 e. The van der Waals surface area contributed by atoms with Crippen LogP contribution in [0, 0.1) is 0 Å². The van der Waals surface area contributed by atoms with E-state index in [-0.39, 0.29) is 0 Å². The van der Waals surface area contributed by atoms with Crippen LogP contribution < -0.4 is 11.1 Å². The molecule has 0 heterocycles. The molecule has 0 aliphatic carbocycles. The van der Waals surface area contributed by atoms with Gasteiger partial charge in [0.15, 0.2) is 5.96 Å². The van der Waals surface area contributed by atoms with Crippen LogP contribution in [0.3, 0.4) is 0 Å². The Balaban J connectivity index is 3.56. The molecule has 108 valence electrons. The van der Waals surface area contributed by atoms with Gasteiger partial charge >= 0.3 is 0 Å². The van der Waals surface area contributed by atoms with Crippen LogP contribution in [0.15, 0.2) is 4.99 Å². The summed E-state index contributed by atoms with van der Waals surface area (Å²) in [5.74, 6) is 0.532. The highest BCUT2D eigenvalue weighted by Gasteiger charge is 2.05. The lowest BCUT2D eigenvalue weighted by Crippen LogP contribution is -2.40. The summed E-state index contributed by atoms with van der Waals surface area (Å²) in [6.07, 6.45) is 2.08. The van der Waals surface area contributed by atoms with Crippen LogP contribution >= 0.6 is 0 Å². The van der Waals surface area contributed by atoms with Crippen molar-refractivity contribution < 1.29 is 4.74 Å². The zero-order valence-corrected chi connectivity index (χ0v) is 12.4. The number of ether oxygens (including phenoxy) is 1. The molecule has 0 saturated heterocycles. The monoisotopic (exact) mass is 258 g/mol. The van der Waals surface area contributed by atoms with Crippen LogP contribution in [0.2, 0.25) is 0 Å². The van der Waals surface area contributed by atoms with Crippen molar-refractivity contribution in [3.05, 3.63) is 0 Å². The van der Waals surface area contributed by atoms with Gasteiger partial charge in [-0.25, -0.2) is 0 Å². The molecule has 0 aliphatic rings. The van der Waals surface area contributed by atoms with Crippen LogP contribution in [-0.2, 0) is 4.74 Å². The fourth-order valence-corrected chi connectivity index (χ4v) is 1.46. The van der Waals surface area contributed by atoms with Crippen molar-refractivity contribution in [2.45, 2.75) is 39.7 Å². The first-order valence-corrected chi connectivity index (χ1v) is 6.93. The Kier molecular flexibility index (Phi) is 10.8. The number of nitrogens with one attached hydrogen (secondary N) is 1. The van der Waals surface area contributed by atoms with E-state index in [1.54, 1.807) is 0 Å². The summed E-state index contributed by atoms with van der Waals surface area (Å²) in [6, 6.07) is 0.608. The van der Waals surface area contributed by atoms with Crippen molar-refractivity contribution in [3.8, 4) is 0 Å². The lowest BCUT2D eigenvalue weighted by molar-refractivity contribution is 0.146. The first-order chi connectivity index (χ1) is 8.61. The molecule has 0 aromatic carbocycles. The molecule has 0 saturated carbocycles. The zero-order valence-electron chi connectivity index (χ0n) is 12.4. The van der Waals surface area contributed by atoms with Gasteiger partial charge in [-0.1, -0.05) is 6.92 Å². The predicted octanol–water partition coefficient (Wildman–Crippen LogP) is 1.05. The highest BCUT2D eigenvalue weighted by atomic mass is 16.5. The van der Waals surface area contributed by atoms with Crippen molar-refractivity contribution in [2.75, 3.05) is 39.9 Å². The zero-order chi connectivity index (χ0) is 13.8. The molecule has 0 bridgehead atoms. The summed E-state index contributed by atoms with van der Waals surface area (Å²) in [7, 11) is 2.13. The largest absolute Gasteiger partial charge is 0.382 e. The van der Waals surface area contributed by atoms with Crippen LogP contribution in [0.1, 0.15) is 33.6 Å². The van der Waals surface area contributed by atoms with Gasteiger partial charge in [0.1, 0.15) is 0 Å². The van der Waals surface area contributed by atoms with Gasteiger partial charge in [0.2, 0.25) is 0 Å². The average molecular weight is 258 g/mol. The molecular formula is C13H30N4O. The fraction of sp³-hybridized carbons (Fsp3) is 0.923. The molecule has 1 atom stereocenters. The number of nitrogens with zero attached hydrogens (tertiary/aromatic N) is 2. The summed E-state index contributed by atoms with van der Waals surface area (Å²) >= 11 is 0. The van der Waals surface area contributed by atoms with Crippen molar-refractivity contribution >= 4 is 5.96 Å². The third-order valence-electron chi connectivity index (χ3n) is 3.05. The normalized spacial score (nSPS) is 13.9. The Labute approximate surface area is 112 Å². The molecule has 0 radical (unpaired) electrons. The molecule has 5 nitrogen and oxygen atoms in total. The standard InChI is InChI=1S/C13H30N4O/c1-5-12(3)17(4)10-9-16-13(14)15-8-7-11-18-6-2/h12H,5-11H2,1-4H3,(H3,14,15,16). The number of aliphatic imine (C=N–C) groups is 1.